The summed E-state index contributed by atoms with van der Waals surface area (Å²) < 4.78 is 14.2. The molecule has 16 heavy (non-hydrogen) atoms. The Kier molecular flexibility index (Phi) is 5.42. The zero-order valence-electron chi connectivity index (χ0n) is 10.1. The monoisotopic (exact) mass is 287 g/mol. The minimum Gasteiger partial charge on any atom is -0.310 e. The van der Waals surface area contributed by atoms with Crippen LogP contribution in [-0.4, -0.2) is 6.54 Å². The summed E-state index contributed by atoms with van der Waals surface area (Å²) >= 11 is 3.48. The maximum Gasteiger partial charge on any atom is 0.123 e. The van der Waals surface area contributed by atoms with Crippen molar-refractivity contribution in [1.29, 1.82) is 0 Å². The summed E-state index contributed by atoms with van der Waals surface area (Å²) in [6.07, 6.45) is 1.08. The molecule has 0 saturated carbocycles. The lowest BCUT2D eigenvalue weighted by molar-refractivity contribution is 0.410. The van der Waals surface area contributed by atoms with E-state index < -0.39 is 0 Å². The van der Waals surface area contributed by atoms with Crippen LogP contribution in [0.1, 0.15) is 38.8 Å². The first kappa shape index (κ1) is 13.7. The van der Waals surface area contributed by atoms with Gasteiger partial charge in [0.05, 0.1) is 0 Å². The molecule has 0 amide bonds. The van der Waals surface area contributed by atoms with Gasteiger partial charge < -0.3 is 5.32 Å². The molecule has 1 N–H and O–H groups in total. The molecule has 3 heteroatoms. The molecule has 1 aromatic carbocycles. The van der Waals surface area contributed by atoms with E-state index >= 15 is 0 Å². The summed E-state index contributed by atoms with van der Waals surface area (Å²) in [5.74, 6) is 0.256. The lowest BCUT2D eigenvalue weighted by atomic mass is 9.96. The van der Waals surface area contributed by atoms with E-state index in [4.69, 9.17) is 0 Å². The third-order valence-corrected chi connectivity index (χ3v) is 3.30. The molecule has 0 saturated heterocycles. The summed E-state index contributed by atoms with van der Waals surface area (Å²) in [7, 11) is 0. The third-order valence-electron chi connectivity index (χ3n) is 2.57. The van der Waals surface area contributed by atoms with Gasteiger partial charge in [-0.3, -0.25) is 0 Å². The first-order chi connectivity index (χ1) is 7.56. The Bertz CT molecular complexity index is 339. The summed E-state index contributed by atoms with van der Waals surface area (Å²) in [6.45, 7) is 7.37. The highest BCUT2D eigenvalue weighted by atomic mass is 79.9. The maximum absolute atomic E-state index is 13.2. The number of halogens is 2. The molecule has 1 rings (SSSR count). The van der Waals surface area contributed by atoms with Gasteiger partial charge in [0.2, 0.25) is 0 Å². The van der Waals surface area contributed by atoms with Crippen molar-refractivity contribution in [2.24, 2.45) is 5.92 Å². The summed E-state index contributed by atoms with van der Waals surface area (Å²) in [5.41, 5.74) is 1.00. The van der Waals surface area contributed by atoms with Crippen LogP contribution in [0.15, 0.2) is 22.7 Å². The zero-order chi connectivity index (χ0) is 12.1. The van der Waals surface area contributed by atoms with Gasteiger partial charge in [0, 0.05) is 10.5 Å². The van der Waals surface area contributed by atoms with Crippen LogP contribution in [0.5, 0.6) is 0 Å². The van der Waals surface area contributed by atoms with Gasteiger partial charge in [0.15, 0.2) is 0 Å². The number of nitrogens with one attached hydrogen (secondary N) is 1. The fraction of sp³-hybridized carbons (Fsp3) is 0.538. The van der Waals surface area contributed by atoms with E-state index in [9.17, 15) is 4.39 Å². The molecule has 1 nitrogen and oxygen atoms in total. The highest BCUT2D eigenvalue weighted by molar-refractivity contribution is 9.10. The van der Waals surface area contributed by atoms with Gasteiger partial charge >= 0.3 is 0 Å². The Labute approximate surface area is 106 Å². The molecular formula is C13H19BrFN. The van der Waals surface area contributed by atoms with Crippen molar-refractivity contribution in [2.45, 2.75) is 33.2 Å². The molecule has 0 fully saturated rings. The van der Waals surface area contributed by atoms with Gasteiger partial charge in [-0.25, -0.2) is 4.39 Å². The fourth-order valence-electron chi connectivity index (χ4n) is 1.76. The fourth-order valence-corrected chi connectivity index (χ4v) is 2.25. The highest BCUT2D eigenvalue weighted by Crippen LogP contribution is 2.29. The molecule has 0 heterocycles. The standard InChI is InChI=1S/C13H19BrFN/c1-4-7-16-13(9(2)3)11-8-10(15)5-6-12(11)14/h5-6,8-9,13,16H,4,7H2,1-3H3. The Morgan fingerprint density at radius 2 is 2.06 bits per heavy atom. The normalized spacial score (nSPS) is 13.1. The van der Waals surface area contributed by atoms with Crippen LogP contribution in [0.3, 0.4) is 0 Å². The molecular weight excluding hydrogens is 269 g/mol. The van der Waals surface area contributed by atoms with Crippen molar-refractivity contribution >= 4 is 15.9 Å². The van der Waals surface area contributed by atoms with Crippen LogP contribution < -0.4 is 5.32 Å². The highest BCUT2D eigenvalue weighted by Gasteiger charge is 2.17. The lowest BCUT2D eigenvalue weighted by Crippen LogP contribution is -2.26. The quantitative estimate of drug-likeness (QED) is 0.852. The van der Waals surface area contributed by atoms with E-state index in [2.05, 4.69) is 42.0 Å². The Hall–Kier alpha value is -0.410. The maximum atomic E-state index is 13.2. The van der Waals surface area contributed by atoms with Gasteiger partial charge in [0.1, 0.15) is 5.82 Å². The van der Waals surface area contributed by atoms with E-state index in [0.717, 1.165) is 23.0 Å². The second kappa shape index (κ2) is 6.36. The van der Waals surface area contributed by atoms with Crippen LogP contribution in [0.4, 0.5) is 4.39 Å². The first-order valence-electron chi connectivity index (χ1n) is 5.74. The minimum atomic E-state index is -0.179. The Morgan fingerprint density at radius 3 is 2.62 bits per heavy atom. The number of hydrogen-bond donors (Lipinski definition) is 1. The largest absolute Gasteiger partial charge is 0.310 e. The van der Waals surface area contributed by atoms with Crippen molar-refractivity contribution < 1.29 is 4.39 Å². The molecule has 1 atom stereocenters. The average molecular weight is 288 g/mol. The molecule has 0 radical (unpaired) electrons. The smallest absolute Gasteiger partial charge is 0.123 e. The minimum absolute atomic E-state index is 0.179. The molecule has 0 spiro atoms. The summed E-state index contributed by atoms with van der Waals surface area (Å²) in [6, 6.07) is 5.06. The summed E-state index contributed by atoms with van der Waals surface area (Å²) in [4.78, 5) is 0. The zero-order valence-corrected chi connectivity index (χ0v) is 11.6. The second-order valence-electron chi connectivity index (χ2n) is 4.34. The lowest BCUT2D eigenvalue weighted by Gasteiger charge is -2.24. The summed E-state index contributed by atoms with van der Waals surface area (Å²) in [5, 5.41) is 3.46. The molecule has 0 aliphatic carbocycles. The van der Waals surface area contributed by atoms with Gasteiger partial charge in [-0.15, -0.1) is 0 Å². The first-order valence-corrected chi connectivity index (χ1v) is 6.54. The molecule has 1 aromatic rings. The van der Waals surface area contributed by atoms with Crippen LogP contribution >= 0.6 is 15.9 Å². The van der Waals surface area contributed by atoms with E-state index in [1.165, 1.54) is 6.07 Å². The molecule has 0 aromatic heterocycles. The van der Waals surface area contributed by atoms with Crippen molar-refractivity contribution in [1.82, 2.24) is 5.32 Å². The van der Waals surface area contributed by atoms with Gasteiger partial charge in [-0.1, -0.05) is 36.7 Å². The van der Waals surface area contributed by atoms with Crippen LogP contribution in [0, 0.1) is 11.7 Å². The second-order valence-corrected chi connectivity index (χ2v) is 5.20. The van der Waals surface area contributed by atoms with Crippen molar-refractivity contribution in [2.75, 3.05) is 6.54 Å². The van der Waals surface area contributed by atoms with Crippen molar-refractivity contribution in [3.8, 4) is 0 Å². The van der Waals surface area contributed by atoms with E-state index in [-0.39, 0.29) is 11.9 Å². The number of hydrogen-bond acceptors (Lipinski definition) is 1. The average Bonchev–Trinajstić information content (AvgIpc) is 2.23. The van der Waals surface area contributed by atoms with Gasteiger partial charge in [-0.2, -0.15) is 0 Å². The van der Waals surface area contributed by atoms with Gasteiger partial charge in [0.25, 0.3) is 0 Å². The molecule has 0 aliphatic rings. The third kappa shape index (κ3) is 3.56. The van der Waals surface area contributed by atoms with Crippen molar-refractivity contribution in [3.63, 3.8) is 0 Å². The molecule has 1 unspecified atom stereocenters. The number of rotatable bonds is 5. The molecule has 0 aliphatic heterocycles. The topological polar surface area (TPSA) is 12.0 Å². The van der Waals surface area contributed by atoms with Gasteiger partial charge in [-0.05, 0) is 42.6 Å². The molecule has 90 valence electrons. The Balaban J connectivity index is 2.95. The Morgan fingerprint density at radius 1 is 1.38 bits per heavy atom. The van der Waals surface area contributed by atoms with Crippen LogP contribution in [-0.2, 0) is 0 Å². The molecule has 0 bridgehead atoms. The van der Waals surface area contributed by atoms with Crippen LogP contribution in [0.2, 0.25) is 0 Å². The van der Waals surface area contributed by atoms with E-state index in [1.807, 2.05) is 0 Å². The SMILES string of the molecule is CCCNC(c1cc(F)ccc1Br)C(C)C. The number of benzene rings is 1. The predicted octanol–water partition coefficient (Wildman–Crippen LogP) is 4.28. The van der Waals surface area contributed by atoms with E-state index in [0.29, 0.717) is 5.92 Å². The van der Waals surface area contributed by atoms with Crippen LogP contribution in [0.25, 0.3) is 0 Å². The van der Waals surface area contributed by atoms with Crippen molar-refractivity contribution in [3.05, 3.63) is 34.1 Å². The van der Waals surface area contributed by atoms with E-state index in [1.54, 1.807) is 12.1 Å². The predicted molar refractivity (Wildman–Crippen MR) is 70.0 cm³/mol.